The summed E-state index contributed by atoms with van der Waals surface area (Å²) in [6.45, 7) is 1.96. The van der Waals surface area contributed by atoms with Crippen molar-refractivity contribution in [2.24, 2.45) is 0 Å². The largest absolute Gasteiger partial charge is 0.330 e. The number of sulfonamides is 1. The second-order valence-electron chi connectivity index (χ2n) is 7.08. The Bertz CT molecular complexity index is 883. The number of amides is 1. The van der Waals surface area contributed by atoms with E-state index in [1.54, 1.807) is 27.0 Å². The molecular formula is C19H24N2O3S3. The van der Waals surface area contributed by atoms with Crippen molar-refractivity contribution in [3.05, 3.63) is 44.3 Å². The highest BCUT2D eigenvalue weighted by Gasteiger charge is 2.33. The van der Waals surface area contributed by atoms with Crippen LogP contribution in [0.5, 0.6) is 0 Å². The van der Waals surface area contributed by atoms with E-state index >= 15 is 0 Å². The van der Waals surface area contributed by atoms with Crippen LogP contribution in [0, 0.1) is 0 Å². The Morgan fingerprint density at radius 3 is 2.67 bits per heavy atom. The summed E-state index contributed by atoms with van der Waals surface area (Å²) < 4.78 is 26.3. The summed E-state index contributed by atoms with van der Waals surface area (Å²) in [6, 6.07) is 6.20. The van der Waals surface area contributed by atoms with Gasteiger partial charge in [-0.3, -0.25) is 4.79 Å². The molecule has 146 valence electrons. The van der Waals surface area contributed by atoms with Gasteiger partial charge in [-0.2, -0.15) is 0 Å². The second kappa shape index (κ2) is 8.03. The van der Waals surface area contributed by atoms with Gasteiger partial charge in [-0.15, -0.1) is 22.7 Å². The molecule has 8 heteroatoms. The van der Waals surface area contributed by atoms with E-state index in [9.17, 15) is 13.2 Å². The molecule has 1 unspecified atom stereocenters. The average Bonchev–Trinajstić information content (AvgIpc) is 3.42. The molecule has 27 heavy (non-hydrogen) atoms. The highest BCUT2D eigenvalue weighted by molar-refractivity contribution is 7.89. The number of carbonyl (C=O) groups is 1. The van der Waals surface area contributed by atoms with Crippen LogP contribution >= 0.6 is 22.7 Å². The molecule has 0 bridgehead atoms. The van der Waals surface area contributed by atoms with Gasteiger partial charge in [0.1, 0.15) is 0 Å². The van der Waals surface area contributed by atoms with E-state index in [2.05, 4.69) is 17.5 Å². The number of hydrogen-bond acceptors (Lipinski definition) is 5. The number of nitrogens with zero attached hydrogens (tertiary/aromatic N) is 2. The van der Waals surface area contributed by atoms with Crippen molar-refractivity contribution in [3.63, 3.8) is 0 Å². The molecule has 4 rings (SSSR count). The zero-order valence-electron chi connectivity index (χ0n) is 15.2. The molecule has 1 amide bonds. The van der Waals surface area contributed by atoms with E-state index in [1.165, 1.54) is 15.3 Å². The maximum atomic E-state index is 13.0. The van der Waals surface area contributed by atoms with Gasteiger partial charge in [-0.05, 0) is 54.1 Å². The van der Waals surface area contributed by atoms with Gasteiger partial charge in [0, 0.05) is 35.8 Å². The van der Waals surface area contributed by atoms with E-state index in [-0.39, 0.29) is 24.1 Å². The predicted molar refractivity (Wildman–Crippen MR) is 110 cm³/mol. The van der Waals surface area contributed by atoms with Gasteiger partial charge in [0.2, 0.25) is 15.9 Å². The zero-order chi connectivity index (χ0) is 18.9. The molecule has 2 aromatic rings. The fraction of sp³-hybridized carbons (Fsp3) is 0.526. The Balaban J connectivity index is 1.43. The minimum absolute atomic E-state index is 0.0253. The highest BCUT2D eigenvalue weighted by atomic mass is 32.2. The van der Waals surface area contributed by atoms with Crippen molar-refractivity contribution in [3.8, 4) is 0 Å². The lowest BCUT2D eigenvalue weighted by Gasteiger charge is -2.35. The molecule has 0 saturated carbocycles. The number of fused-ring (bicyclic) bond motifs is 1. The molecule has 2 aliphatic rings. The molecule has 0 N–H and O–H groups in total. The van der Waals surface area contributed by atoms with Gasteiger partial charge < -0.3 is 4.90 Å². The Morgan fingerprint density at radius 2 is 1.93 bits per heavy atom. The van der Waals surface area contributed by atoms with E-state index in [1.807, 2.05) is 16.3 Å². The lowest BCUT2D eigenvalue weighted by molar-refractivity contribution is -0.133. The molecule has 0 radical (unpaired) electrons. The van der Waals surface area contributed by atoms with Crippen LogP contribution in [-0.2, 0) is 21.2 Å². The third-order valence-corrected chi connectivity index (χ3v) is 9.23. The molecule has 1 fully saturated rings. The third kappa shape index (κ3) is 3.99. The first-order valence-electron chi connectivity index (χ1n) is 9.43. The lowest BCUT2D eigenvalue weighted by atomic mass is 9.98. The van der Waals surface area contributed by atoms with Crippen LogP contribution < -0.4 is 0 Å². The van der Waals surface area contributed by atoms with E-state index in [0.717, 1.165) is 19.3 Å². The first kappa shape index (κ1) is 19.1. The number of carbonyl (C=O) groups excluding carboxylic acids is 1. The fourth-order valence-electron chi connectivity index (χ4n) is 3.98. The molecular weight excluding hydrogens is 400 g/mol. The summed E-state index contributed by atoms with van der Waals surface area (Å²) in [7, 11) is -3.22. The first-order chi connectivity index (χ1) is 13.1. The normalized spacial score (nSPS) is 20.7. The predicted octanol–water partition coefficient (Wildman–Crippen LogP) is 3.49. The van der Waals surface area contributed by atoms with Crippen molar-refractivity contribution in [1.82, 2.24) is 9.21 Å². The van der Waals surface area contributed by atoms with Gasteiger partial charge in [-0.25, -0.2) is 12.7 Å². The minimum atomic E-state index is -3.22. The van der Waals surface area contributed by atoms with Crippen molar-refractivity contribution < 1.29 is 13.2 Å². The summed E-state index contributed by atoms with van der Waals surface area (Å²) in [5, 5.41) is 4.14. The van der Waals surface area contributed by atoms with Gasteiger partial charge in [0.05, 0.1) is 11.8 Å². The van der Waals surface area contributed by atoms with Crippen molar-refractivity contribution in [2.75, 3.05) is 25.4 Å². The average molecular weight is 425 g/mol. The number of hydrogen-bond donors (Lipinski definition) is 0. The standard InChI is InChI=1S/C19H24N2O3S3/c22-18(6-4-14-27(23,24)20-9-1-2-10-20)21-11-7-16-15(8-13-26-16)19(21)17-5-3-12-25-17/h3,5,8,12-13,19H,1-2,4,6-7,9-11,14H2. The quantitative estimate of drug-likeness (QED) is 0.713. The van der Waals surface area contributed by atoms with E-state index in [4.69, 9.17) is 0 Å². The molecule has 1 saturated heterocycles. The van der Waals surface area contributed by atoms with Gasteiger partial charge in [-0.1, -0.05) is 6.07 Å². The Labute approximate surface area is 168 Å². The van der Waals surface area contributed by atoms with Crippen LogP contribution in [0.1, 0.15) is 47.0 Å². The lowest BCUT2D eigenvalue weighted by Crippen LogP contribution is -2.40. The Morgan fingerprint density at radius 1 is 1.11 bits per heavy atom. The monoisotopic (exact) mass is 424 g/mol. The highest BCUT2D eigenvalue weighted by Crippen LogP contribution is 2.39. The van der Waals surface area contributed by atoms with Gasteiger partial charge in [0.25, 0.3) is 0 Å². The molecule has 1 atom stereocenters. The first-order valence-corrected chi connectivity index (χ1v) is 12.8. The summed E-state index contributed by atoms with van der Waals surface area (Å²) in [6.07, 6.45) is 3.44. The number of rotatable bonds is 6. The van der Waals surface area contributed by atoms with Crippen LogP contribution in [0.2, 0.25) is 0 Å². The summed E-state index contributed by atoms with van der Waals surface area (Å²) in [5.41, 5.74) is 1.23. The Hall–Kier alpha value is -1.22. The third-order valence-electron chi connectivity index (χ3n) is 5.35. The Kier molecular flexibility index (Phi) is 5.68. The van der Waals surface area contributed by atoms with Gasteiger partial charge in [0.15, 0.2) is 0 Å². The van der Waals surface area contributed by atoms with E-state index in [0.29, 0.717) is 26.1 Å². The molecule has 0 aliphatic carbocycles. The van der Waals surface area contributed by atoms with Crippen molar-refractivity contribution in [2.45, 2.75) is 38.1 Å². The van der Waals surface area contributed by atoms with Gasteiger partial charge >= 0.3 is 0 Å². The van der Waals surface area contributed by atoms with Crippen LogP contribution in [0.4, 0.5) is 0 Å². The zero-order valence-corrected chi connectivity index (χ0v) is 17.6. The van der Waals surface area contributed by atoms with Crippen molar-refractivity contribution in [1.29, 1.82) is 0 Å². The summed E-state index contributed by atoms with van der Waals surface area (Å²) in [5.74, 6) is 0.127. The van der Waals surface area contributed by atoms with Crippen molar-refractivity contribution >= 4 is 38.6 Å². The minimum Gasteiger partial charge on any atom is -0.330 e. The number of thiophene rings is 2. The van der Waals surface area contributed by atoms with Crippen LogP contribution in [0.15, 0.2) is 29.0 Å². The molecule has 2 aromatic heterocycles. The van der Waals surface area contributed by atoms with E-state index < -0.39 is 10.0 Å². The maximum Gasteiger partial charge on any atom is 0.223 e. The molecule has 0 aromatic carbocycles. The smallest absolute Gasteiger partial charge is 0.223 e. The van der Waals surface area contributed by atoms with Crippen LogP contribution in [-0.4, -0.2) is 48.9 Å². The molecule has 2 aliphatic heterocycles. The topological polar surface area (TPSA) is 57.7 Å². The molecule has 4 heterocycles. The van der Waals surface area contributed by atoms with Crippen LogP contribution in [0.25, 0.3) is 0 Å². The maximum absolute atomic E-state index is 13.0. The SMILES string of the molecule is O=C(CCCS(=O)(=O)N1CCCC1)N1CCc2sccc2C1c1cccs1. The summed E-state index contributed by atoms with van der Waals surface area (Å²) in [4.78, 5) is 17.4. The fourth-order valence-corrected chi connectivity index (χ4v) is 7.32. The second-order valence-corrected chi connectivity index (χ2v) is 11.1. The molecule has 5 nitrogen and oxygen atoms in total. The molecule has 0 spiro atoms. The summed E-state index contributed by atoms with van der Waals surface area (Å²) >= 11 is 3.43. The van der Waals surface area contributed by atoms with Crippen LogP contribution in [0.3, 0.4) is 0 Å².